The fourth-order valence-electron chi connectivity index (χ4n) is 2.34. The Morgan fingerprint density at radius 1 is 1.47 bits per heavy atom. The van der Waals surface area contributed by atoms with Crippen molar-refractivity contribution >= 4 is 11.9 Å². The molecule has 104 valence electrons. The molecule has 1 aromatic rings. The van der Waals surface area contributed by atoms with Crippen LogP contribution in [0.4, 0.5) is 0 Å². The zero-order chi connectivity index (χ0) is 13.7. The first-order valence-corrected chi connectivity index (χ1v) is 6.63. The van der Waals surface area contributed by atoms with Crippen LogP contribution in [0, 0.1) is 0 Å². The maximum Gasteiger partial charge on any atom is 0.315 e. The van der Waals surface area contributed by atoms with E-state index in [1.807, 2.05) is 16.9 Å². The van der Waals surface area contributed by atoms with Gasteiger partial charge in [-0.3, -0.25) is 14.3 Å². The van der Waals surface area contributed by atoms with E-state index in [-0.39, 0.29) is 18.4 Å². The van der Waals surface area contributed by atoms with E-state index in [1.165, 1.54) is 0 Å². The lowest BCUT2D eigenvalue weighted by atomic mass is 10.1. The molecule has 0 aliphatic carbocycles. The molecule has 1 aromatic heterocycles. The Balaban J connectivity index is 1.90. The summed E-state index contributed by atoms with van der Waals surface area (Å²) in [5.41, 5.74) is 0. The second-order valence-electron chi connectivity index (χ2n) is 4.60. The Morgan fingerprint density at radius 2 is 2.32 bits per heavy atom. The van der Waals surface area contributed by atoms with Gasteiger partial charge >= 0.3 is 5.97 Å². The highest BCUT2D eigenvalue weighted by Gasteiger charge is 2.26. The molecule has 1 amide bonds. The van der Waals surface area contributed by atoms with E-state index >= 15 is 0 Å². The summed E-state index contributed by atoms with van der Waals surface area (Å²) >= 11 is 0. The molecule has 1 fully saturated rings. The molecule has 0 aromatic carbocycles. The van der Waals surface area contributed by atoms with Gasteiger partial charge in [-0.15, -0.1) is 0 Å². The summed E-state index contributed by atoms with van der Waals surface area (Å²) in [6.45, 7) is 3.36. The van der Waals surface area contributed by atoms with Crippen LogP contribution in [-0.4, -0.2) is 46.3 Å². The van der Waals surface area contributed by atoms with Gasteiger partial charge in [-0.2, -0.15) is 5.10 Å². The number of hydrogen-bond acceptors (Lipinski definition) is 4. The third kappa shape index (κ3) is 3.56. The van der Waals surface area contributed by atoms with E-state index in [2.05, 4.69) is 5.10 Å². The van der Waals surface area contributed by atoms with Gasteiger partial charge in [-0.05, 0) is 25.8 Å². The number of aromatic nitrogens is 2. The lowest BCUT2D eigenvalue weighted by Gasteiger charge is -2.32. The highest BCUT2D eigenvalue weighted by Crippen LogP contribution is 2.21. The molecule has 2 rings (SSSR count). The maximum atomic E-state index is 12.0. The van der Waals surface area contributed by atoms with Crippen LogP contribution in [0.2, 0.25) is 0 Å². The van der Waals surface area contributed by atoms with Gasteiger partial charge in [0.2, 0.25) is 5.91 Å². The summed E-state index contributed by atoms with van der Waals surface area (Å²) in [6.07, 6.45) is 5.41. The smallest absolute Gasteiger partial charge is 0.315 e. The van der Waals surface area contributed by atoms with Crippen molar-refractivity contribution in [1.82, 2.24) is 14.7 Å². The Morgan fingerprint density at radius 3 is 3.00 bits per heavy atom. The first-order chi connectivity index (χ1) is 9.20. The van der Waals surface area contributed by atoms with E-state index in [9.17, 15) is 9.59 Å². The van der Waals surface area contributed by atoms with Crippen LogP contribution >= 0.6 is 0 Å². The first kappa shape index (κ1) is 13.6. The number of likely N-dealkylation sites (tertiary alicyclic amines) is 1. The van der Waals surface area contributed by atoms with Gasteiger partial charge in [0.1, 0.15) is 6.42 Å². The largest absolute Gasteiger partial charge is 0.466 e. The Bertz CT molecular complexity index is 430. The van der Waals surface area contributed by atoms with Gasteiger partial charge in [0.25, 0.3) is 0 Å². The Kier molecular flexibility index (Phi) is 4.54. The molecule has 1 saturated heterocycles. The van der Waals surface area contributed by atoms with Crippen LogP contribution in [0.15, 0.2) is 18.5 Å². The molecule has 0 bridgehead atoms. The molecule has 19 heavy (non-hydrogen) atoms. The molecule has 2 heterocycles. The summed E-state index contributed by atoms with van der Waals surface area (Å²) in [5.74, 6) is -0.607. The van der Waals surface area contributed by atoms with Crippen LogP contribution in [0.5, 0.6) is 0 Å². The van der Waals surface area contributed by atoms with Crippen LogP contribution in [0.3, 0.4) is 0 Å². The van der Waals surface area contributed by atoms with Crippen LogP contribution < -0.4 is 0 Å². The van der Waals surface area contributed by atoms with Crippen molar-refractivity contribution in [2.24, 2.45) is 0 Å². The molecule has 0 saturated carbocycles. The highest BCUT2D eigenvalue weighted by molar-refractivity contribution is 5.94. The van der Waals surface area contributed by atoms with E-state index in [4.69, 9.17) is 4.74 Å². The first-order valence-electron chi connectivity index (χ1n) is 6.63. The highest BCUT2D eigenvalue weighted by atomic mass is 16.5. The summed E-state index contributed by atoms with van der Waals surface area (Å²) in [5, 5.41) is 4.21. The van der Waals surface area contributed by atoms with Crippen molar-refractivity contribution in [3.63, 3.8) is 0 Å². The fourth-order valence-corrected chi connectivity index (χ4v) is 2.34. The molecule has 1 unspecified atom stereocenters. The van der Waals surface area contributed by atoms with Crippen molar-refractivity contribution < 1.29 is 14.3 Å². The molecule has 0 N–H and O–H groups in total. The summed E-state index contributed by atoms with van der Waals surface area (Å²) < 4.78 is 6.68. The van der Waals surface area contributed by atoms with Crippen LogP contribution in [-0.2, 0) is 14.3 Å². The van der Waals surface area contributed by atoms with Gasteiger partial charge in [0.15, 0.2) is 0 Å². The summed E-state index contributed by atoms with van der Waals surface area (Å²) in [6, 6.07) is 2.08. The van der Waals surface area contributed by atoms with E-state index in [0.717, 1.165) is 12.8 Å². The summed E-state index contributed by atoms with van der Waals surface area (Å²) in [7, 11) is 0. The molecular formula is C13H19N3O3. The average molecular weight is 265 g/mol. The van der Waals surface area contributed by atoms with Gasteiger partial charge in [0, 0.05) is 25.5 Å². The predicted octanol–water partition coefficient (Wildman–Crippen LogP) is 1.000. The molecule has 1 atom stereocenters. The standard InChI is InChI=1S/C13H19N3O3/c1-2-19-13(18)9-12(17)15-7-3-5-11(10-15)16-8-4-6-14-16/h4,6,8,11H,2-3,5,7,9-10H2,1H3. The number of carbonyl (C=O) groups is 2. The van der Waals surface area contributed by atoms with E-state index in [0.29, 0.717) is 19.7 Å². The SMILES string of the molecule is CCOC(=O)CC(=O)N1CCCC(n2cccn2)C1. The minimum Gasteiger partial charge on any atom is -0.466 e. The minimum atomic E-state index is -0.450. The molecule has 6 nitrogen and oxygen atoms in total. The van der Waals surface area contributed by atoms with Crippen molar-refractivity contribution in [2.75, 3.05) is 19.7 Å². The topological polar surface area (TPSA) is 64.4 Å². The number of hydrogen-bond donors (Lipinski definition) is 0. The number of ether oxygens (including phenoxy) is 1. The number of rotatable bonds is 4. The quantitative estimate of drug-likeness (QED) is 0.602. The molecule has 6 heteroatoms. The average Bonchev–Trinajstić information content (AvgIpc) is 2.93. The number of nitrogens with zero attached hydrogens (tertiary/aromatic N) is 3. The molecule has 0 spiro atoms. The molecule has 1 aliphatic heterocycles. The van der Waals surface area contributed by atoms with Crippen LogP contribution in [0.25, 0.3) is 0 Å². The molecular weight excluding hydrogens is 246 g/mol. The van der Waals surface area contributed by atoms with Crippen LogP contribution in [0.1, 0.15) is 32.2 Å². The zero-order valence-corrected chi connectivity index (χ0v) is 11.1. The minimum absolute atomic E-state index is 0.157. The maximum absolute atomic E-state index is 12.0. The van der Waals surface area contributed by atoms with E-state index < -0.39 is 5.97 Å². The fraction of sp³-hybridized carbons (Fsp3) is 0.615. The Labute approximate surface area is 112 Å². The monoisotopic (exact) mass is 265 g/mol. The predicted molar refractivity (Wildman–Crippen MR) is 68.3 cm³/mol. The molecule has 1 aliphatic rings. The number of esters is 1. The number of carbonyl (C=O) groups excluding carboxylic acids is 2. The van der Waals surface area contributed by atoms with Gasteiger partial charge in [-0.1, -0.05) is 0 Å². The third-order valence-corrected chi connectivity index (χ3v) is 3.25. The van der Waals surface area contributed by atoms with Crippen molar-refractivity contribution in [2.45, 2.75) is 32.2 Å². The van der Waals surface area contributed by atoms with E-state index in [1.54, 1.807) is 18.0 Å². The Hall–Kier alpha value is -1.85. The third-order valence-electron chi connectivity index (χ3n) is 3.25. The van der Waals surface area contributed by atoms with Gasteiger partial charge in [-0.25, -0.2) is 0 Å². The molecule has 0 radical (unpaired) electrons. The van der Waals surface area contributed by atoms with Gasteiger partial charge in [0.05, 0.1) is 12.6 Å². The number of piperidine rings is 1. The van der Waals surface area contributed by atoms with Gasteiger partial charge < -0.3 is 9.64 Å². The second kappa shape index (κ2) is 6.36. The van der Waals surface area contributed by atoms with Crippen molar-refractivity contribution in [1.29, 1.82) is 0 Å². The zero-order valence-electron chi connectivity index (χ0n) is 11.1. The summed E-state index contributed by atoms with van der Waals surface area (Å²) in [4.78, 5) is 25.0. The lowest BCUT2D eigenvalue weighted by molar-refractivity contribution is -0.149. The van der Waals surface area contributed by atoms with Crippen molar-refractivity contribution in [3.8, 4) is 0 Å². The van der Waals surface area contributed by atoms with Crippen molar-refractivity contribution in [3.05, 3.63) is 18.5 Å². The number of amides is 1. The second-order valence-corrected chi connectivity index (χ2v) is 4.60. The normalized spacial score (nSPS) is 19.2. The lowest BCUT2D eigenvalue weighted by Crippen LogP contribution is -2.41.